The minimum Gasteiger partial charge on any atom is -0.489 e. The molecule has 0 aliphatic rings. The Morgan fingerprint density at radius 3 is 1.38 bits per heavy atom. The summed E-state index contributed by atoms with van der Waals surface area (Å²) in [6, 6.07) is 4.29. The third-order valence-electron chi connectivity index (χ3n) is 4.53. The zero-order valence-electron chi connectivity index (χ0n) is 15.7. The van der Waals surface area contributed by atoms with Gasteiger partial charge >= 0.3 is 0 Å². The van der Waals surface area contributed by atoms with Gasteiger partial charge in [0.2, 0.25) is 0 Å². The van der Waals surface area contributed by atoms with Crippen LogP contribution in [0.5, 0.6) is 11.5 Å². The van der Waals surface area contributed by atoms with Crippen LogP contribution in [0.3, 0.4) is 0 Å². The summed E-state index contributed by atoms with van der Waals surface area (Å²) in [6.45, 7) is 13.2. The maximum Gasteiger partial charge on any atom is 0.165 e. The topological polar surface area (TPSA) is 66.0 Å². The van der Waals surface area contributed by atoms with Crippen LogP contribution in [0.25, 0.3) is 0 Å². The number of benzene rings is 1. The van der Waals surface area contributed by atoms with Crippen molar-refractivity contribution in [1.82, 2.24) is 0 Å². The molecule has 0 saturated heterocycles. The Balaban J connectivity index is 3.37. The van der Waals surface area contributed by atoms with Crippen molar-refractivity contribution in [2.45, 2.75) is 54.4 Å². The maximum atomic E-state index is 9.45. The molecule has 0 aliphatic heterocycles. The maximum absolute atomic E-state index is 9.45. The Hall–Kier alpha value is -2.20. The van der Waals surface area contributed by atoms with Crippen LogP contribution in [0, 0.1) is 48.3 Å². The van der Waals surface area contributed by atoms with Gasteiger partial charge in [-0.2, -0.15) is 10.5 Å². The third-order valence-corrected chi connectivity index (χ3v) is 4.53. The van der Waals surface area contributed by atoms with Crippen molar-refractivity contribution in [1.29, 1.82) is 10.5 Å². The highest BCUT2D eigenvalue weighted by atomic mass is 16.5. The smallest absolute Gasteiger partial charge is 0.165 e. The van der Waals surface area contributed by atoms with Gasteiger partial charge < -0.3 is 9.47 Å². The molecule has 0 heterocycles. The Morgan fingerprint density at radius 2 is 1.12 bits per heavy atom. The Kier molecular flexibility index (Phi) is 7.59. The quantitative estimate of drug-likeness (QED) is 0.681. The van der Waals surface area contributed by atoms with Gasteiger partial charge in [-0.05, 0) is 25.7 Å². The van der Waals surface area contributed by atoms with Gasteiger partial charge in [-0.1, -0.05) is 40.5 Å². The van der Waals surface area contributed by atoms with E-state index >= 15 is 0 Å². The lowest BCUT2D eigenvalue weighted by atomic mass is 9.96. The summed E-state index contributed by atoms with van der Waals surface area (Å²) in [7, 11) is 0. The first-order valence-corrected chi connectivity index (χ1v) is 8.63. The summed E-state index contributed by atoms with van der Waals surface area (Å²) in [4.78, 5) is 0. The highest BCUT2D eigenvalue weighted by Crippen LogP contribution is 2.40. The zero-order chi connectivity index (χ0) is 18.3. The summed E-state index contributed by atoms with van der Waals surface area (Å²) in [6.07, 6.45) is 2.03. The molecule has 1 rings (SSSR count). The first kappa shape index (κ1) is 19.8. The molecule has 1 aromatic carbocycles. The van der Waals surface area contributed by atoms with E-state index in [-0.39, 0.29) is 0 Å². The van der Waals surface area contributed by atoms with Crippen LogP contribution in [0.1, 0.15) is 62.8 Å². The van der Waals surface area contributed by atoms with E-state index in [1.807, 2.05) is 13.8 Å². The van der Waals surface area contributed by atoms with Gasteiger partial charge in [0.25, 0.3) is 0 Å². The SMILES string of the molecule is CCC(C)COc1c(C)c(C#N)c(C#N)c(C)c1OCC(C)CC. The molecule has 0 N–H and O–H groups in total. The molecule has 0 radical (unpaired) electrons. The van der Waals surface area contributed by atoms with Crippen molar-refractivity contribution in [3.63, 3.8) is 0 Å². The minimum atomic E-state index is 0.380. The van der Waals surface area contributed by atoms with Crippen LogP contribution in [-0.4, -0.2) is 13.2 Å². The summed E-state index contributed by atoms with van der Waals surface area (Å²) in [5.74, 6) is 2.03. The predicted molar refractivity (Wildman–Crippen MR) is 95.2 cm³/mol. The van der Waals surface area contributed by atoms with Crippen molar-refractivity contribution in [3.05, 3.63) is 22.3 Å². The number of nitrogens with zero attached hydrogens (tertiary/aromatic N) is 2. The van der Waals surface area contributed by atoms with E-state index in [0.717, 1.165) is 12.8 Å². The molecular weight excluding hydrogens is 300 g/mol. The van der Waals surface area contributed by atoms with Gasteiger partial charge in [0.15, 0.2) is 11.5 Å². The zero-order valence-corrected chi connectivity index (χ0v) is 15.7. The molecular formula is C20H28N2O2. The van der Waals surface area contributed by atoms with E-state index in [1.54, 1.807) is 0 Å². The molecule has 0 spiro atoms. The van der Waals surface area contributed by atoms with Crippen molar-refractivity contribution in [2.75, 3.05) is 13.2 Å². The fourth-order valence-electron chi connectivity index (χ4n) is 2.26. The summed E-state index contributed by atoms with van der Waals surface area (Å²) in [5.41, 5.74) is 2.12. The average molecular weight is 328 g/mol. The molecule has 0 aliphatic carbocycles. The lowest BCUT2D eigenvalue weighted by Crippen LogP contribution is -2.14. The van der Waals surface area contributed by atoms with Gasteiger partial charge in [0.1, 0.15) is 12.1 Å². The Morgan fingerprint density at radius 1 is 0.792 bits per heavy atom. The lowest BCUT2D eigenvalue weighted by molar-refractivity contribution is 0.215. The molecule has 0 saturated carbocycles. The van der Waals surface area contributed by atoms with Crippen LogP contribution in [0.4, 0.5) is 0 Å². The van der Waals surface area contributed by atoms with E-state index in [2.05, 4.69) is 39.8 Å². The molecule has 0 amide bonds. The standard InChI is InChI=1S/C20H28N2O2/c1-7-13(3)11-23-19-15(5)17(9-21)18(10-22)16(6)20(19)24-12-14(4)8-2/h13-14H,7-8,11-12H2,1-6H3. The number of nitriles is 2. The fourth-order valence-corrected chi connectivity index (χ4v) is 2.26. The lowest BCUT2D eigenvalue weighted by Gasteiger charge is -2.22. The van der Waals surface area contributed by atoms with Crippen LogP contribution in [0.15, 0.2) is 0 Å². The summed E-state index contributed by atoms with van der Waals surface area (Å²) in [5, 5.41) is 18.9. The first-order chi connectivity index (χ1) is 11.4. The molecule has 2 atom stereocenters. The molecule has 0 fully saturated rings. The minimum absolute atomic E-state index is 0.380. The molecule has 130 valence electrons. The number of hydrogen-bond acceptors (Lipinski definition) is 4. The highest BCUT2D eigenvalue weighted by Gasteiger charge is 2.23. The van der Waals surface area contributed by atoms with Crippen molar-refractivity contribution in [2.24, 2.45) is 11.8 Å². The summed E-state index contributed by atoms with van der Waals surface area (Å²) >= 11 is 0. The van der Waals surface area contributed by atoms with E-state index in [0.29, 0.717) is 58.8 Å². The van der Waals surface area contributed by atoms with Gasteiger partial charge in [0.05, 0.1) is 24.3 Å². The molecule has 0 aromatic heterocycles. The predicted octanol–water partition coefficient (Wildman–Crippen LogP) is 4.90. The van der Waals surface area contributed by atoms with Crippen molar-refractivity contribution >= 4 is 0 Å². The molecule has 4 heteroatoms. The van der Waals surface area contributed by atoms with Crippen molar-refractivity contribution < 1.29 is 9.47 Å². The Bertz CT molecular complexity index is 596. The van der Waals surface area contributed by atoms with E-state index in [9.17, 15) is 10.5 Å². The fraction of sp³-hybridized carbons (Fsp3) is 0.600. The van der Waals surface area contributed by atoms with Gasteiger partial charge in [-0.15, -0.1) is 0 Å². The van der Waals surface area contributed by atoms with Gasteiger partial charge in [-0.3, -0.25) is 0 Å². The van der Waals surface area contributed by atoms with Crippen LogP contribution in [-0.2, 0) is 0 Å². The van der Waals surface area contributed by atoms with E-state index in [1.165, 1.54) is 0 Å². The highest BCUT2D eigenvalue weighted by molar-refractivity contribution is 5.66. The Labute approximate surface area is 146 Å². The van der Waals surface area contributed by atoms with Crippen molar-refractivity contribution in [3.8, 4) is 23.6 Å². The number of hydrogen-bond donors (Lipinski definition) is 0. The van der Waals surface area contributed by atoms with Gasteiger partial charge in [0, 0.05) is 11.1 Å². The normalized spacial score (nSPS) is 12.8. The second-order valence-corrected chi connectivity index (χ2v) is 6.53. The number of ether oxygens (including phenoxy) is 2. The molecule has 4 nitrogen and oxygen atoms in total. The largest absolute Gasteiger partial charge is 0.489 e. The van der Waals surface area contributed by atoms with Crippen LogP contribution < -0.4 is 9.47 Å². The average Bonchev–Trinajstić information content (AvgIpc) is 2.59. The second-order valence-electron chi connectivity index (χ2n) is 6.53. The van der Waals surface area contributed by atoms with E-state index in [4.69, 9.17) is 9.47 Å². The first-order valence-electron chi connectivity index (χ1n) is 8.63. The monoisotopic (exact) mass is 328 g/mol. The van der Waals surface area contributed by atoms with Crippen LogP contribution in [0.2, 0.25) is 0 Å². The summed E-state index contributed by atoms with van der Waals surface area (Å²) < 4.78 is 12.0. The second kappa shape index (κ2) is 9.18. The number of rotatable bonds is 8. The van der Waals surface area contributed by atoms with E-state index < -0.39 is 0 Å². The van der Waals surface area contributed by atoms with Crippen LogP contribution >= 0.6 is 0 Å². The molecule has 0 bridgehead atoms. The molecule has 24 heavy (non-hydrogen) atoms. The molecule has 2 unspecified atom stereocenters. The molecule has 1 aromatic rings. The van der Waals surface area contributed by atoms with Gasteiger partial charge in [-0.25, -0.2) is 0 Å². The third kappa shape index (κ3) is 4.42.